The van der Waals surface area contributed by atoms with Gasteiger partial charge in [0, 0.05) is 79.0 Å². The minimum absolute atomic E-state index is 0.985. The SMILES string of the molecule is CCCCCCN(CCCCCC)c1ccc(-c2ccc(-c3cc4sc(-c5ccc(-c6ccc(N(CCCCCC)CCCCCC)cc6)c6nsnc56)cc4s3)c3nsnc23)cc1. The Balaban J connectivity index is 0.988. The minimum atomic E-state index is 0.985. The second-order valence-corrected chi connectivity index (χ2v) is 20.7. The highest BCUT2D eigenvalue weighted by molar-refractivity contribution is 7.31. The van der Waals surface area contributed by atoms with Crippen LogP contribution in [0, 0.1) is 0 Å². The van der Waals surface area contributed by atoms with E-state index >= 15 is 0 Å². The molecule has 0 saturated carbocycles. The molecule has 8 rings (SSSR count). The van der Waals surface area contributed by atoms with E-state index in [1.165, 1.54) is 168 Å². The van der Waals surface area contributed by atoms with E-state index in [2.05, 4.69) is 122 Å². The van der Waals surface area contributed by atoms with Crippen molar-refractivity contribution in [2.75, 3.05) is 36.0 Å². The molecule has 4 aromatic heterocycles. The van der Waals surface area contributed by atoms with Crippen molar-refractivity contribution in [2.45, 2.75) is 130 Å². The number of anilines is 2. The van der Waals surface area contributed by atoms with Crippen molar-refractivity contribution >= 4 is 89.0 Å². The summed E-state index contributed by atoms with van der Waals surface area (Å²) in [4.78, 5) is 7.68. The molecule has 0 unspecified atom stereocenters. The van der Waals surface area contributed by atoms with Gasteiger partial charge in [0.1, 0.15) is 22.1 Å². The molecule has 6 nitrogen and oxygen atoms in total. The summed E-state index contributed by atoms with van der Waals surface area (Å²) in [6.45, 7) is 13.7. The van der Waals surface area contributed by atoms with Crippen molar-refractivity contribution in [3.8, 4) is 43.1 Å². The summed E-state index contributed by atoms with van der Waals surface area (Å²) in [5.41, 5.74) is 13.6. The Labute approximate surface area is 398 Å². The smallest absolute Gasteiger partial charge is 0.114 e. The molecule has 0 fully saturated rings. The summed E-state index contributed by atoms with van der Waals surface area (Å²) < 4.78 is 22.0. The average molecular weight is 927 g/mol. The first-order chi connectivity index (χ1) is 31.6. The van der Waals surface area contributed by atoms with Gasteiger partial charge in [-0.1, -0.05) is 153 Å². The molecule has 8 aromatic rings. The Kier molecular flexibility index (Phi) is 16.9. The van der Waals surface area contributed by atoms with E-state index in [1.807, 2.05) is 22.7 Å². The van der Waals surface area contributed by atoms with Gasteiger partial charge >= 0.3 is 0 Å². The first-order valence-corrected chi connectivity index (χ1v) is 27.4. The molecule has 0 amide bonds. The number of rotatable bonds is 26. The number of aromatic nitrogens is 4. The number of hydrogen-bond donors (Lipinski definition) is 0. The normalized spacial score (nSPS) is 11.8. The van der Waals surface area contributed by atoms with Gasteiger partial charge < -0.3 is 9.80 Å². The lowest BCUT2D eigenvalue weighted by molar-refractivity contribution is 0.609. The van der Waals surface area contributed by atoms with Gasteiger partial charge in [-0.15, -0.1) is 22.7 Å². The maximum atomic E-state index is 4.87. The summed E-state index contributed by atoms with van der Waals surface area (Å²) in [7, 11) is 0. The number of benzene rings is 4. The van der Waals surface area contributed by atoms with Crippen molar-refractivity contribution < 1.29 is 0 Å². The molecule has 64 heavy (non-hydrogen) atoms. The molecule has 0 bridgehead atoms. The molecular formula is C54H66N6S4. The van der Waals surface area contributed by atoms with Crippen molar-refractivity contribution in [3.05, 3.63) is 84.9 Å². The van der Waals surface area contributed by atoms with E-state index in [1.54, 1.807) is 0 Å². The third-order valence-electron chi connectivity index (χ3n) is 12.8. The largest absolute Gasteiger partial charge is 0.372 e. The average Bonchev–Trinajstić information content (AvgIpc) is 4.16. The molecule has 0 spiro atoms. The molecule has 0 atom stereocenters. The Morgan fingerprint density at radius 3 is 1.00 bits per heavy atom. The van der Waals surface area contributed by atoms with Crippen LogP contribution >= 0.6 is 46.1 Å². The Hall–Kier alpha value is -4.22. The Morgan fingerprint density at radius 2 is 0.672 bits per heavy atom. The van der Waals surface area contributed by atoms with E-state index < -0.39 is 0 Å². The first-order valence-electron chi connectivity index (χ1n) is 24.4. The molecule has 4 aromatic carbocycles. The van der Waals surface area contributed by atoms with E-state index in [9.17, 15) is 0 Å². The zero-order valence-corrected chi connectivity index (χ0v) is 41.8. The van der Waals surface area contributed by atoms with Crippen LogP contribution in [0.25, 0.3) is 74.6 Å². The Morgan fingerprint density at radius 1 is 0.359 bits per heavy atom. The maximum Gasteiger partial charge on any atom is 0.114 e. The minimum Gasteiger partial charge on any atom is -0.372 e. The van der Waals surface area contributed by atoms with Crippen molar-refractivity contribution in [1.82, 2.24) is 17.5 Å². The summed E-state index contributed by atoms with van der Waals surface area (Å²) in [6.07, 6.45) is 20.6. The maximum absolute atomic E-state index is 4.87. The van der Waals surface area contributed by atoms with Crippen LogP contribution in [-0.2, 0) is 0 Å². The molecule has 0 N–H and O–H groups in total. The number of thiophene rings is 2. The van der Waals surface area contributed by atoms with Crippen molar-refractivity contribution in [2.24, 2.45) is 0 Å². The molecule has 0 aliphatic heterocycles. The van der Waals surface area contributed by atoms with Gasteiger partial charge in [-0.25, -0.2) is 0 Å². The molecule has 0 radical (unpaired) electrons. The number of unbranched alkanes of at least 4 members (excludes halogenated alkanes) is 12. The van der Waals surface area contributed by atoms with E-state index in [0.717, 1.165) is 70.5 Å². The van der Waals surface area contributed by atoms with E-state index in [-0.39, 0.29) is 0 Å². The monoisotopic (exact) mass is 926 g/mol. The third-order valence-corrected chi connectivity index (χ3v) is 16.2. The zero-order valence-electron chi connectivity index (χ0n) is 38.5. The predicted octanol–water partition coefficient (Wildman–Crippen LogP) is 17.6. The second kappa shape index (κ2) is 23.3. The van der Waals surface area contributed by atoms with Gasteiger partial charge in [0.05, 0.1) is 23.5 Å². The van der Waals surface area contributed by atoms with Gasteiger partial charge in [0.2, 0.25) is 0 Å². The molecule has 336 valence electrons. The summed E-state index contributed by atoms with van der Waals surface area (Å²) in [5.74, 6) is 0. The topological polar surface area (TPSA) is 58.0 Å². The van der Waals surface area contributed by atoms with Crippen LogP contribution in [0.4, 0.5) is 11.4 Å². The standard InChI is InChI=1S/C54H66N6S4/c1-5-9-13-17-33-59(34-18-14-10-6-2)41-25-21-39(22-26-41)43-29-31-45(53-51(43)55-63-57-53)47-37-49-50(61-47)38-48(62-49)46-32-30-44(52-54(46)58-64-56-52)40-23-27-42(28-24-40)60(35-19-15-11-7-3)36-20-16-12-8-4/h21-32,37-38H,5-20,33-36H2,1-4H3. The Bertz CT molecular complexity index is 2420. The summed E-state index contributed by atoms with van der Waals surface area (Å²) in [5, 5.41) is 0. The van der Waals surface area contributed by atoms with Crippen LogP contribution in [0.1, 0.15) is 130 Å². The van der Waals surface area contributed by atoms with Crippen LogP contribution in [0.5, 0.6) is 0 Å². The van der Waals surface area contributed by atoms with Gasteiger partial charge in [-0.2, -0.15) is 17.5 Å². The molecule has 0 aliphatic rings. The van der Waals surface area contributed by atoms with Gasteiger partial charge in [-0.3, -0.25) is 0 Å². The lowest BCUT2D eigenvalue weighted by atomic mass is 10.00. The summed E-state index contributed by atoms with van der Waals surface area (Å²) in [6, 6.07) is 32.1. The summed E-state index contributed by atoms with van der Waals surface area (Å²) >= 11 is 6.30. The van der Waals surface area contributed by atoms with Crippen molar-refractivity contribution in [3.63, 3.8) is 0 Å². The van der Waals surface area contributed by atoms with Crippen LogP contribution in [0.15, 0.2) is 84.9 Å². The number of hydrogen-bond acceptors (Lipinski definition) is 10. The van der Waals surface area contributed by atoms with Crippen LogP contribution in [0.2, 0.25) is 0 Å². The second-order valence-electron chi connectivity index (χ2n) is 17.5. The number of fused-ring (bicyclic) bond motifs is 3. The highest BCUT2D eigenvalue weighted by Gasteiger charge is 2.20. The number of nitrogens with zero attached hydrogens (tertiary/aromatic N) is 6. The van der Waals surface area contributed by atoms with Crippen molar-refractivity contribution in [1.29, 1.82) is 0 Å². The molecule has 0 saturated heterocycles. The molecule has 4 heterocycles. The molecule has 0 aliphatic carbocycles. The third kappa shape index (κ3) is 11.1. The lowest BCUT2D eigenvalue weighted by Crippen LogP contribution is -2.25. The van der Waals surface area contributed by atoms with Gasteiger partial charge in [0.25, 0.3) is 0 Å². The molecule has 10 heteroatoms. The lowest BCUT2D eigenvalue weighted by Gasteiger charge is -2.25. The fourth-order valence-electron chi connectivity index (χ4n) is 9.06. The quantitative estimate of drug-likeness (QED) is 0.0504. The van der Waals surface area contributed by atoms with Crippen LogP contribution < -0.4 is 9.80 Å². The van der Waals surface area contributed by atoms with Gasteiger partial charge in [-0.05, 0) is 73.2 Å². The highest BCUT2D eigenvalue weighted by Crippen LogP contribution is 2.46. The first kappa shape index (κ1) is 46.3. The van der Waals surface area contributed by atoms with Gasteiger partial charge in [0.15, 0.2) is 0 Å². The molecular weight excluding hydrogens is 861 g/mol. The fourth-order valence-corrected chi connectivity index (χ4v) is 12.7. The highest BCUT2D eigenvalue weighted by atomic mass is 32.1. The van der Waals surface area contributed by atoms with Crippen LogP contribution in [-0.4, -0.2) is 43.7 Å². The van der Waals surface area contributed by atoms with Crippen LogP contribution in [0.3, 0.4) is 0 Å². The zero-order chi connectivity index (χ0) is 44.1. The van der Waals surface area contributed by atoms with E-state index in [4.69, 9.17) is 17.5 Å². The van der Waals surface area contributed by atoms with E-state index in [0.29, 0.717) is 0 Å². The predicted molar refractivity (Wildman–Crippen MR) is 284 cm³/mol. The fraction of sp³-hybridized carbons (Fsp3) is 0.444.